The summed E-state index contributed by atoms with van der Waals surface area (Å²) in [6.45, 7) is 1.19. The van der Waals surface area contributed by atoms with Crippen molar-refractivity contribution in [3.05, 3.63) is 58.3 Å². The Kier molecular flexibility index (Phi) is 3.65. The highest BCUT2D eigenvalue weighted by Gasteiger charge is 2.04. The zero-order valence-electron chi connectivity index (χ0n) is 11.5. The average molecular weight is 285 g/mol. The molecule has 21 heavy (non-hydrogen) atoms. The van der Waals surface area contributed by atoms with Gasteiger partial charge in [0.1, 0.15) is 12.1 Å². The molecule has 0 fully saturated rings. The van der Waals surface area contributed by atoms with Gasteiger partial charge in [0.15, 0.2) is 5.65 Å². The van der Waals surface area contributed by atoms with Crippen LogP contribution in [-0.2, 0) is 17.9 Å². The molecule has 2 aromatic heterocycles. The van der Waals surface area contributed by atoms with Crippen molar-refractivity contribution < 1.29 is 4.74 Å². The molecule has 108 valence electrons. The van der Waals surface area contributed by atoms with Crippen molar-refractivity contribution in [3.63, 3.8) is 0 Å². The molecule has 0 unspecified atom stereocenters. The van der Waals surface area contributed by atoms with E-state index in [-0.39, 0.29) is 5.69 Å². The molecule has 3 rings (SSSR count). The summed E-state index contributed by atoms with van der Waals surface area (Å²) >= 11 is 0. The molecule has 0 saturated carbocycles. The molecular formula is C14H15N5O2. The van der Waals surface area contributed by atoms with Gasteiger partial charge in [-0.1, -0.05) is 24.3 Å². The summed E-state index contributed by atoms with van der Waals surface area (Å²) in [5.41, 5.74) is 2.50. The summed E-state index contributed by atoms with van der Waals surface area (Å²) in [7, 11) is 1.68. The van der Waals surface area contributed by atoms with Gasteiger partial charge in [-0.3, -0.25) is 0 Å². The maximum Gasteiger partial charge on any atom is 0.348 e. The van der Waals surface area contributed by atoms with Crippen molar-refractivity contribution in [1.82, 2.24) is 19.6 Å². The highest BCUT2D eigenvalue weighted by atomic mass is 16.5. The van der Waals surface area contributed by atoms with Gasteiger partial charge in [-0.2, -0.15) is 5.10 Å². The standard InChI is InChI=1S/C14H15N5O2/c1-21-8-11-5-3-2-4-10(11)7-15-12-6-13-17-18-14(20)19(13)9-16-12/h2-6,9,15H,7-8H2,1H3,(H,18,20). The van der Waals surface area contributed by atoms with Gasteiger partial charge < -0.3 is 10.1 Å². The van der Waals surface area contributed by atoms with Crippen LogP contribution in [0, 0.1) is 0 Å². The molecule has 0 aliphatic rings. The molecule has 7 nitrogen and oxygen atoms in total. The molecule has 0 amide bonds. The lowest BCUT2D eigenvalue weighted by Crippen LogP contribution is -2.10. The largest absolute Gasteiger partial charge is 0.380 e. The topological polar surface area (TPSA) is 84.3 Å². The first-order valence-electron chi connectivity index (χ1n) is 6.50. The van der Waals surface area contributed by atoms with Gasteiger partial charge in [-0.15, -0.1) is 0 Å². The molecule has 0 aliphatic carbocycles. The molecule has 0 spiro atoms. The molecule has 0 aliphatic heterocycles. The smallest absolute Gasteiger partial charge is 0.348 e. The van der Waals surface area contributed by atoms with E-state index >= 15 is 0 Å². The third-order valence-corrected chi connectivity index (χ3v) is 3.19. The zero-order valence-corrected chi connectivity index (χ0v) is 11.5. The number of aromatic nitrogens is 4. The van der Waals surface area contributed by atoms with E-state index in [0.29, 0.717) is 24.6 Å². The third-order valence-electron chi connectivity index (χ3n) is 3.19. The quantitative estimate of drug-likeness (QED) is 0.735. The van der Waals surface area contributed by atoms with Gasteiger partial charge in [-0.25, -0.2) is 19.3 Å². The summed E-state index contributed by atoms with van der Waals surface area (Å²) < 4.78 is 6.54. The normalized spacial score (nSPS) is 10.9. The highest BCUT2D eigenvalue weighted by Crippen LogP contribution is 2.12. The molecule has 0 saturated heterocycles. The number of rotatable bonds is 5. The number of H-pyrrole nitrogens is 1. The van der Waals surface area contributed by atoms with Crippen LogP contribution in [0.3, 0.4) is 0 Å². The maximum absolute atomic E-state index is 11.4. The van der Waals surface area contributed by atoms with Gasteiger partial charge in [0.2, 0.25) is 0 Å². The Morgan fingerprint density at radius 1 is 1.33 bits per heavy atom. The summed E-state index contributed by atoms with van der Waals surface area (Å²) in [6.07, 6.45) is 1.45. The lowest BCUT2D eigenvalue weighted by molar-refractivity contribution is 0.184. The molecule has 7 heteroatoms. The number of ether oxygens (including phenoxy) is 1. The SMILES string of the molecule is COCc1ccccc1CNc1cc2n[nH]c(=O)n2cn1. The highest BCUT2D eigenvalue weighted by molar-refractivity contribution is 5.48. The van der Waals surface area contributed by atoms with Crippen molar-refractivity contribution in [3.8, 4) is 0 Å². The van der Waals surface area contributed by atoms with Crippen molar-refractivity contribution in [2.45, 2.75) is 13.2 Å². The van der Waals surface area contributed by atoms with Crippen molar-refractivity contribution >= 4 is 11.5 Å². The summed E-state index contributed by atoms with van der Waals surface area (Å²) in [5, 5.41) is 9.51. The monoisotopic (exact) mass is 285 g/mol. The number of benzene rings is 1. The Labute approximate surface area is 120 Å². The van der Waals surface area contributed by atoms with Crippen LogP contribution >= 0.6 is 0 Å². The zero-order chi connectivity index (χ0) is 14.7. The number of anilines is 1. The number of hydrogen-bond acceptors (Lipinski definition) is 5. The van der Waals surface area contributed by atoms with E-state index in [1.807, 2.05) is 24.3 Å². The number of fused-ring (bicyclic) bond motifs is 1. The first-order valence-corrected chi connectivity index (χ1v) is 6.50. The summed E-state index contributed by atoms with van der Waals surface area (Å²) in [6, 6.07) is 9.76. The van der Waals surface area contributed by atoms with E-state index in [1.54, 1.807) is 13.2 Å². The lowest BCUT2D eigenvalue weighted by Gasteiger charge is -2.10. The Morgan fingerprint density at radius 3 is 2.95 bits per heavy atom. The van der Waals surface area contributed by atoms with Crippen molar-refractivity contribution in [1.29, 1.82) is 0 Å². The number of aromatic amines is 1. The van der Waals surface area contributed by atoms with Gasteiger partial charge in [0.05, 0.1) is 6.61 Å². The third kappa shape index (κ3) is 2.77. The van der Waals surface area contributed by atoms with E-state index in [1.165, 1.54) is 10.7 Å². The Hall–Kier alpha value is -2.67. The predicted octanol–water partition coefficient (Wildman–Crippen LogP) is 1.18. The van der Waals surface area contributed by atoms with Crippen LogP contribution in [0.15, 0.2) is 41.5 Å². The van der Waals surface area contributed by atoms with E-state index < -0.39 is 0 Å². The van der Waals surface area contributed by atoms with Crippen LogP contribution in [0.1, 0.15) is 11.1 Å². The Bertz CT molecular complexity index is 808. The van der Waals surface area contributed by atoms with Crippen molar-refractivity contribution in [2.24, 2.45) is 0 Å². The van der Waals surface area contributed by atoms with Gasteiger partial charge in [0.25, 0.3) is 0 Å². The molecule has 0 radical (unpaired) electrons. The molecule has 2 heterocycles. The second-order valence-corrected chi connectivity index (χ2v) is 4.59. The Morgan fingerprint density at radius 2 is 2.14 bits per heavy atom. The maximum atomic E-state index is 11.4. The first kappa shape index (κ1) is 13.3. The van der Waals surface area contributed by atoms with Gasteiger partial charge >= 0.3 is 5.69 Å². The molecule has 0 bridgehead atoms. The summed E-state index contributed by atoms with van der Waals surface area (Å²) in [5.74, 6) is 0.661. The van der Waals surface area contributed by atoms with Crippen LogP contribution in [0.25, 0.3) is 5.65 Å². The minimum absolute atomic E-state index is 0.297. The average Bonchev–Trinajstić information content (AvgIpc) is 2.88. The predicted molar refractivity (Wildman–Crippen MR) is 78.1 cm³/mol. The van der Waals surface area contributed by atoms with Crippen LogP contribution < -0.4 is 11.0 Å². The number of nitrogens with one attached hydrogen (secondary N) is 2. The number of hydrogen-bond donors (Lipinski definition) is 2. The van der Waals surface area contributed by atoms with E-state index in [4.69, 9.17) is 4.74 Å². The Balaban J connectivity index is 1.78. The lowest BCUT2D eigenvalue weighted by atomic mass is 10.1. The fourth-order valence-electron chi connectivity index (χ4n) is 2.12. The molecular weight excluding hydrogens is 270 g/mol. The van der Waals surface area contributed by atoms with Crippen molar-refractivity contribution in [2.75, 3.05) is 12.4 Å². The van der Waals surface area contributed by atoms with Gasteiger partial charge in [0, 0.05) is 19.7 Å². The molecule has 3 aromatic rings. The number of methoxy groups -OCH3 is 1. The minimum Gasteiger partial charge on any atom is -0.380 e. The second kappa shape index (κ2) is 5.76. The minimum atomic E-state index is -0.297. The van der Waals surface area contributed by atoms with E-state index in [0.717, 1.165) is 11.1 Å². The fourth-order valence-corrected chi connectivity index (χ4v) is 2.12. The van der Waals surface area contributed by atoms with Crippen LogP contribution in [0.2, 0.25) is 0 Å². The van der Waals surface area contributed by atoms with Crippen LogP contribution in [0.4, 0.5) is 5.82 Å². The van der Waals surface area contributed by atoms with E-state index in [2.05, 4.69) is 20.5 Å². The molecule has 1 aromatic carbocycles. The molecule has 2 N–H and O–H groups in total. The van der Waals surface area contributed by atoms with Crippen LogP contribution in [-0.4, -0.2) is 26.7 Å². The fraction of sp³-hybridized carbons (Fsp3) is 0.214. The number of nitrogens with zero attached hydrogens (tertiary/aromatic N) is 3. The van der Waals surface area contributed by atoms with Gasteiger partial charge in [-0.05, 0) is 11.1 Å². The van der Waals surface area contributed by atoms with E-state index in [9.17, 15) is 4.79 Å². The summed E-state index contributed by atoms with van der Waals surface area (Å²) in [4.78, 5) is 15.5. The second-order valence-electron chi connectivity index (χ2n) is 4.59. The van der Waals surface area contributed by atoms with Crippen LogP contribution in [0.5, 0.6) is 0 Å². The molecule has 0 atom stereocenters. The first-order chi connectivity index (χ1) is 10.3.